The Morgan fingerprint density at radius 1 is 0.913 bits per heavy atom. The molecule has 0 radical (unpaired) electrons. The monoisotopic (exact) mass is 312 g/mol. The Labute approximate surface area is 134 Å². The third-order valence-corrected chi connectivity index (χ3v) is 4.05. The van der Waals surface area contributed by atoms with Gasteiger partial charge in [0.1, 0.15) is 12.1 Å². The second-order valence-corrected chi connectivity index (χ2v) is 5.50. The molecule has 1 saturated heterocycles. The fourth-order valence-electron chi connectivity index (χ4n) is 2.71. The van der Waals surface area contributed by atoms with Crippen LogP contribution in [0.15, 0.2) is 48.5 Å². The largest absolute Gasteiger partial charge is 0.368 e. The van der Waals surface area contributed by atoms with Crippen LogP contribution in [-0.2, 0) is 0 Å². The second kappa shape index (κ2) is 6.60. The first-order chi connectivity index (χ1) is 11.2. The lowest BCUT2D eigenvalue weighted by Gasteiger charge is -2.36. The van der Waals surface area contributed by atoms with Crippen molar-refractivity contribution >= 4 is 17.9 Å². The van der Waals surface area contributed by atoms with Crippen LogP contribution >= 0.6 is 0 Å². The van der Waals surface area contributed by atoms with E-state index in [1.54, 1.807) is 41.3 Å². The zero-order chi connectivity index (χ0) is 16.2. The van der Waals surface area contributed by atoms with Crippen LogP contribution in [0.2, 0.25) is 0 Å². The van der Waals surface area contributed by atoms with Gasteiger partial charge in [-0.15, -0.1) is 0 Å². The first-order valence-electron chi connectivity index (χ1n) is 7.52. The van der Waals surface area contributed by atoms with Crippen molar-refractivity contribution < 1.29 is 14.0 Å². The van der Waals surface area contributed by atoms with Crippen molar-refractivity contribution in [2.45, 2.75) is 0 Å². The molecule has 0 atom stereocenters. The summed E-state index contributed by atoms with van der Waals surface area (Å²) >= 11 is 0. The lowest BCUT2D eigenvalue weighted by atomic mass is 10.1. The summed E-state index contributed by atoms with van der Waals surface area (Å²) in [6.07, 6.45) is 0.760. The predicted octanol–water partition coefficient (Wildman–Crippen LogP) is 2.60. The molecule has 2 aromatic rings. The Hall–Kier alpha value is -2.69. The number of carbonyl (C=O) groups is 2. The van der Waals surface area contributed by atoms with Crippen LogP contribution in [0.25, 0.3) is 0 Å². The van der Waals surface area contributed by atoms with E-state index in [2.05, 4.69) is 4.90 Å². The van der Waals surface area contributed by atoms with Gasteiger partial charge in [0.2, 0.25) is 0 Å². The highest BCUT2D eigenvalue weighted by Gasteiger charge is 2.22. The summed E-state index contributed by atoms with van der Waals surface area (Å²) in [6, 6.07) is 13.1. The summed E-state index contributed by atoms with van der Waals surface area (Å²) < 4.78 is 13.0. The third kappa shape index (κ3) is 3.39. The molecular weight excluding hydrogens is 295 g/mol. The van der Waals surface area contributed by atoms with Crippen molar-refractivity contribution in [3.05, 3.63) is 65.5 Å². The number of benzene rings is 2. The molecule has 0 N–H and O–H groups in total. The van der Waals surface area contributed by atoms with E-state index in [4.69, 9.17) is 0 Å². The van der Waals surface area contributed by atoms with E-state index >= 15 is 0 Å². The summed E-state index contributed by atoms with van der Waals surface area (Å²) in [4.78, 5) is 27.1. The Kier molecular flexibility index (Phi) is 4.37. The maximum Gasteiger partial charge on any atom is 0.253 e. The second-order valence-electron chi connectivity index (χ2n) is 5.50. The van der Waals surface area contributed by atoms with E-state index in [1.807, 2.05) is 0 Å². The van der Waals surface area contributed by atoms with Crippen molar-refractivity contribution in [3.63, 3.8) is 0 Å². The van der Waals surface area contributed by atoms with Gasteiger partial charge < -0.3 is 9.80 Å². The van der Waals surface area contributed by atoms with Crippen LogP contribution in [0.3, 0.4) is 0 Å². The van der Waals surface area contributed by atoms with Crippen molar-refractivity contribution in [2.24, 2.45) is 0 Å². The topological polar surface area (TPSA) is 40.6 Å². The number of carbonyl (C=O) groups excluding carboxylic acids is 2. The summed E-state index contributed by atoms with van der Waals surface area (Å²) in [5.74, 6) is -0.275. The van der Waals surface area contributed by atoms with Crippen molar-refractivity contribution in [1.29, 1.82) is 0 Å². The van der Waals surface area contributed by atoms with Crippen LogP contribution in [0.4, 0.5) is 10.1 Å². The molecule has 5 heteroatoms. The highest BCUT2D eigenvalue weighted by atomic mass is 19.1. The van der Waals surface area contributed by atoms with Gasteiger partial charge in [0.15, 0.2) is 0 Å². The predicted molar refractivity (Wildman–Crippen MR) is 86.3 cm³/mol. The number of nitrogens with zero attached hydrogens (tertiary/aromatic N) is 2. The molecule has 3 rings (SSSR count). The van der Waals surface area contributed by atoms with Crippen LogP contribution in [-0.4, -0.2) is 43.3 Å². The smallest absolute Gasteiger partial charge is 0.253 e. The molecule has 0 bridgehead atoms. The number of hydrogen-bond donors (Lipinski definition) is 0. The Morgan fingerprint density at radius 3 is 2.09 bits per heavy atom. The number of halogens is 1. The molecule has 1 aliphatic rings. The van der Waals surface area contributed by atoms with Gasteiger partial charge >= 0.3 is 0 Å². The van der Waals surface area contributed by atoms with E-state index in [-0.39, 0.29) is 11.7 Å². The van der Waals surface area contributed by atoms with Gasteiger partial charge in [0, 0.05) is 43.0 Å². The van der Waals surface area contributed by atoms with Crippen LogP contribution in [0, 0.1) is 5.82 Å². The minimum Gasteiger partial charge on any atom is -0.368 e. The average Bonchev–Trinajstić information content (AvgIpc) is 2.62. The van der Waals surface area contributed by atoms with Crippen LogP contribution < -0.4 is 4.90 Å². The summed E-state index contributed by atoms with van der Waals surface area (Å²) in [5.41, 5.74) is 2.11. The van der Waals surface area contributed by atoms with Gasteiger partial charge in [-0.1, -0.05) is 12.1 Å². The van der Waals surface area contributed by atoms with Crippen molar-refractivity contribution in [3.8, 4) is 0 Å². The van der Waals surface area contributed by atoms with Gasteiger partial charge in [-0.3, -0.25) is 9.59 Å². The lowest BCUT2D eigenvalue weighted by Crippen LogP contribution is -2.48. The highest BCUT2D eigenvalue weighted by molar-refractivity contribution is 5.95. The first-order valence-corrected chi connectivity index (χ1v) is 7.52. The molecule has 0 spiro atoms. The molecule has 23 heavy (non-hydrogen) atoms. The Bertz CT molecular complexity index is 690. The maximum absolute atomic E-state index is 13.0. The average molecular weight is 312 g/mol. The fourth-order valence-corrected chi connectivity index (χ4v) is 2.71. The minimum atomic E-state index is -0.249. The molecule has 0 saturated carbocycles. The molecule has 1 aliphatic heterocycles. The number of piperazine rings is 1. The number of rotatable bonds is 3. The molecule has 118 valence electrons. The van der Waals surface area contributed by atoms with E-state index in [9.17, 15) is 14.0 Å². The lowest BCUT2D eigenvalue weighted by molar-refractivity contribution is 0.0746. The van der Waals surface area contributed by atoms with E-state index in [1.165, 1.54) is 12.1 Å². The number of amides is 1. The quantitative estimate of drug-likeness (QED) is 0.818. The Morgan fingerprint density at radius 2 is 1.52 bits per heavy atom. The molecule has 0 aliphatic carbocycles. The maximum atomic E-state index is 13.0. The van der Waals surface area contributed by atoms with Crippen LogP contribution in [0.1, 0.15) is 20.7 Å². The zero-order valence-corrected chi connectivity index (χ0v) is 12.6. The SMILES string of the molecule is O=Cc1ccc(C(=O)N2CCN(c3ccc(F)cc3)CC2)cc1. The van der Waals surface area contributed by atoms with Gasteiger partial charge in [0.05, 0.1) is 0 Å². The van der Waals surface area contributed by atoms with Gasteiger partial charge in [0.25, 0.3) is 5.91 Å². The highest BCUT2D eigenvalue weighted by Crippen LogP contribution is 2.18. The normalized spacial score (nSPS) is 14.7. The molecule has 1 amide bonds. The fraction of sp³-hybridized carbons (Fsp3) is 0.222. The van der Waals surface area contributed by atoms with Gasteiger partial charge in [-0.25, -0.2) is 4.39 Å². The zero-order valence-electron chi connectivity index (χ0n) is 12.6. The van der Waals surface area contributed by atoms with E-state index in [0.717, 1.165) is 12.0 Å². The molecule has 2 aromatic carbocycles. The number of aldehydes is 1. The van der Waals surface area contributed by atoms with E-state index in [0.29, 0.717) is 37.3 Å². The van der Waals surface area contributed by atoms with Gasteiger partial charge in [-0.05, 0) is 36.4 Å². The van der Waals surface area contributed by atoms with Crippen LogP contribution in [0.5, 0.6) is 0 Å². The summed E-state index contributed by atoms with van der Waals surface area (Å²) in [5, 5.41) is 0. The number of hydrogen-bond acceptors (Lipinski definition) is 3. The summed E-state index contributed by atoms with van der Waals surface area (Å²) in [6.45, 7) is 2.66. The molecule has 4 nitrogen and oxygen atoms in total. The first kappa shape index (κ1) is 15.2. The molecule has 0 aromatic heterocycles. The Balaban J connectivity index is 1.62. The molecular formula is C18H17FN2O2. The summed E-state index contributed by atoms with van der Waals surface area (Å²) in [7, 11) is 0. The van der Waals surface area contributed by atoms with Crippen molar-refractivity contribution in [2.75, 3.05) is 31.1 Å². The number of anilines is 1. The standard InChI is InChI=1S/C18H17FN2O2/c19-16-5-7-17(8-6-16)20-9-11-21(12-10-20)18(23)15-3-1-14(13-22)2-4-15/h1-8,13H,9-12H2. The third-order valence-electron chi connectivity index (χ3n) is 4.05. The van der Waals surface area contributed by atoms with Crippen molar-refractivity contribution in [1.82, 2.24) is 4.90 Å². The molecule has 1 heterocycles. The van der Waals surface area contributed by atoms with E-state index < -0.39 is 0 Å². The minimum absolute atomic E-state index is 0.0267. The molecule has 1 fully saturated rings. The molecule has 0 unspecified atom stereocenters. The van der Waals surface area contributed by atoms with Gasteiger partial charge in [-0.2, -0.15) is 0 Å².